The zero-order valence-corrected chi connectivity index (χ0v) is 15.5. The number of hydrogen-bond acceptors (Lipinski definition) is 3. The first kappa shape index (κ1) is 17.5. The van der Waals surface area contributed by atoms with Crippen molar-refractivity contribution < 1.29 is 9.53 Å². The highest BCUT2D eigenvalue weighted by Crippen LogP contribution is 2.17. The lowest BCUT2D eigenvalue weighted by atomic mass is 10.2. The summed E-state index contributed by atoms with van der Waals surface area (Å²) in [6, 6.07) is 14.4. The molecule has 0 unspecified atom stereocenters. The fourth-order valence-electron chi connectivity index (χ4n) is 2.20. The molecule has 0 spiro atoms. The smallest absolute Gasteiger partial charge is 0.255 e. The van der Waals surface area contributed by atoms with Crippen LogP contribution >= 0.6 is 27.5 Å². The number of nitrogens with zero attached hydrogens (tertiary/aromatic N) is 2. The molecule has 1 heterocycles. The van der Waals surface area contributed by atoms with Crippen molar-refractivity contribution in [3.63, 3.8) is 0 Å². The topological polar surface area (TPSA) is 56.2 Å². The Labute approximate surface area is 158 Å². The Kier molecular flexibility index (Phi) is 5.73. The number of hydrogen-bond donors (Lipinski definition) is 1. The first-order valence-corrected chi connectivity index (χ1v) is 9.06. The molecule has 0 fully saturated rings. The molecule has 1 N–H and O–H groups in total. The molecular weight excluding hydrogens is 406 g/mol. The maximum Gasteiger partial charge on any atom is 0.255 e. The van der Waals surface area contributed by atoms with E-state index in [0.717, 1.165) is 16.8 Å². The van der Waals surface area contributed by atoms with Gasteiger partial charge in [-0.3, -0.25) is 4.79 Å². The van der Waals surface area contributed by atoms with Crippen LogP contribution in [0.1, 0.15) is 10.4 Å². The van der Waals surface area contributed by atoms with Gasteiger partial charge in [-0.15, -0.1) is 0 Å². The van der Waals surface area contributed by atoms with E-state index in [-0.39, 0.29) is 5.91 Å². The summed E-state index contributed by atoms with van der Waals surface area (Å²) in [5, 5.41) is 8.33. The summed E-state index contributed by atoms with van der Waals surface area (Å²) in [4.78, 5) is 12.3. The van der Waals surface area contributed by atoms with E-state index in [1.165, 1.54) is 0 Å². The summed E-state index contributed by atoms with van der Waals surface area (Å²) < 4.78 is 7.14. The van der Waals surface area contributed by atoms with Crippen molar-refractivity contribution >= 4 is 39.1 Å². The number of aromatic nitrogens is 2. The van der Waals surface area contributed by atoms with Crippen LogP contribution in [0.15, 0.2) is 60.9 Å². The van der Waals surface area contributed by atoms with Crippen LogP contribution in [-0.4, -0.2) is 27.6 Å². The molecule has 1 aromatic heterocycles. The third-order valence-corrected chi connectivity index (χ3v) is 3.92. The van der Waals surface area contributed by atoms with Gasteiger partial charge in [-0.25, -0.2) is 4.68 Å². The van der Waals surface area contributed by atoms with Crippen LogP contribution in [0.2, 0.25) is 5.02 Å². The van der Waals surface area contributed by atoms with Crippen LogP contribution in [-0.2, 0) is 0 Å². The van der Waals surface area contributed by atoms with Gasteiger partial charge in [0.1, 0.15) is 5.75 Å². The summed E-state index contributed by atoms with van der Waals surface area (Å²) in [6.07, 6.45) is 3.29. The van der Waals surface area contributed by atoms with Crippen LogP contribution in [0.5, 0.6) is 5.75 Å². The number of anilines is 1. The van der Waals surface area contributed by atoms with Crippen molar-refractivity contribution in [2.75, 3.05) is 17.3 Å². The maximum atomic E-state index is 12.3. The second-order valence-corrected chi connectivity index (χ2v) is 6.40. The van der Waals surface area contributed by atoms with Gasteiger partial charge in [0.15, 0.2) is 0 Å². The molecule has 0 aliphatic rings. The van der Waals surface area contributed by atoms with E-state index in [9.17, 15) is 4.79 Å². The van der Waals surface area contributed by atoms with Gasteiger partial charge in [-0.1, -0.05) is 27.5 Å². The van der Waals surface area contributed by atoms with Crippen molar-refractivity contribution in [1.82, 2.24) is 9.78 Å². The number of rotatable bonds is 6. The van der Waals surface area contributed by atoms with E-state index in [0.29, 0.717) is 22.9 Å². The van der Waals surface area contributed by atoms with Crippen molar-refractivity contribution in [1.29, 1.82) is 0 Å². The Morgan fingerprint density at radius 3 is 2.48 bits per heavy atom. The molecule has 0 atom stereocenters. The average molecular weight is 421 g/mol. The predicted octanol–water partition coefficient (Wildman–Crippen LogP) is 4.55. The summed E-state index contributed by atoms with van der Waals surface area (Å²) in [5.74, 6) is 0.556. The van der Waals surface area contributed by atoms with E-state index < -0.39 is 0 Å². The third kappa shape index (κ3) is 4.61. The predicted molar refractivity (Wildman–Crippen MR) is 102 cm³/mol. The Morgan fingerprint density at radius 2 is 1.88 bits per heavy atom. The minimum atomic E-state index is -0.179. The summed E-state index contributed by atoms with van der Waals surface area (Å²) >= 11 is 9.17. The number of benzene rings is 2. The molecule has 5 nitrogen and oxygen atoms in total. The SMILES string of the molecule is O=C(Nc1ccc(-n2cc(Cl)cn2)cc1)c1ccc(OCCBr)cc1. The van der Waals surface area contributed by atoms with Crippen LogP contribution in [0.3, 0.4) is 0 Å². The maximum absolute atomic E-state index is 12.3. The van der Waals surface area contributed by atoms with Gasteiger partial charge in [0.05, 0.1) is 23.5 Å². The lowest BCUT2D eigenvalue weighted by Crippen LogP contribution is -2.11. The van der Waals surface area contributed by atoms with Gasteiger partial charge in [-0.05, 0) is 48.5 Å². The van der Waals surface area contributed by atoms with E-state index in [1.807, 2.05) is 24.3 Å². The molecule has 0 radical (unpaired) electrons. The first-order valence-electron chi connectivity index (χ1n) is 7.56. The zero-order chi connectivity index (χ0) is 17.6. The molecule has 3 aromatic rings. The van der Waals surface area contributed by atoms with E-state index in [2.05, 4.69) is 26.3 Å². The van der Waals surface area contributed by atoms with E-state index in [1.54, 1.807) is 41.3 Å². The normalized spacial score (nSPS) is 10.5. The monoisotopic (exact) mass is 419 g/mol. The molecule has 1 amide bonds. The molecule has 25 heavy (non-hydrogen) atoms. The van der Waals surface area contributed by atoms with Crippen LogP contribution in [0.4, 0.5) is 5.69 Å². The van der Waals surface area contributed by atoms with Crippen LogP contribution in [0.25, 0.3) is 5.69 Å². The first-order chi connectivity index (χ1) is 12.2. The molecule has 2 aromatic carbocycles. The summed E-state index contributed by atoms with van der Waals surface area (Å²) in [5.41, 5.74) is 2.12. The molecule has 0 saturated carbocycles. The molecule has 7 heteroatoms. The number of carbonyl (C=O) groups is 1. The number of carbonyl (C=O) groups excluding carboxylic acids is 1. The molecule has 0 saturated heterocycles. The largest absolute Gasteiger partial charge is 0.493 e. The molecule has 0 aliphatic carbocycles. The average Bonchev–Trinajstić information content (AvgIpc) is 3.07. The fourth-order valence-corrected chi connectivity index (χ4v) is 2.50. The minimum Gasteiger partial charge on any atom is -0.493 e. The molecule has 0 bridgehead atoms. The highest BCUT2D eigenvalue weighted by molar-refractivity contribution is 9.09. The molecule has 0 aliphatic heterocycles. The van der Waals surface area contributed by atoms with Crippen molar-refractivity contribution in [3.05, 3.63) is 71.5 Å². The van der Waals surface area contributed by atoms with Gasteiger partial charge in [0.25, 0.3) is 5.91 Å². The summed E-state index contributed by atoms with van der Waals surface area (Å²) in [6.45, 7) is 0.583. The summed E-state index contributed by atoms with van der Waals surface area (Å²) in [7, 11) is 0. The second kappa shape index (κ2) is 8.18. The minimum absolute atomic E-state index is 0.179. The Bertz CT molecular complexity index is 848. The highest BCUT2D eigenvalue weighted by Gasteiger charge is 2.07. The van der Waals surface area contributed by atoms with Gasteiger partial charge < -0.3 is 10.1 Å². The van der Waals surface area contributed by atoms with Crippen LogP contribution in [0, 0.1) is 0 Å². The second-order valence-electron chi connectivity index (χ2n) is 5.17. The van der Waals surface area contributed by atoms with Crippen molar-refractivity contribution in [3.8, 4) is 11.4 Å². The number of ether oxygens (including phenoxy) is 1. The standard InChI is InChI=1S/C18H15BrClN3O2/c19-9-10-25-17-7-1-13(2-8-17)18(24)22-15-3-5-16(6-4-15)23-12-14(20)11-21-23/h1-8,11-12H,9-10H2,(H,22,24). The van der Waals surface area contributed by atoms with Gasteiger partial charge in [-0.2, -0.15) is 5.10 Å². The Hall–Kier alpha value is -2.31. The fraction of sp³-hybridized carbons (Fsp3) is 0.111. The Morgan fingerprint density at radius 1 is 1.16 bits per heavy atom. The van der Waals surface area contributed by atoms with Crippen LogP contribution < -0.4 is 10.1 Å². The molecular formula is C18H15BrClN3O2. The number of amides is 1. The van der Waals surface area contributed by atoms with Crippen molar-refractivity contribution in [2.45, 2.75) is 0 Å². The highest BCUT2D eigenvalue weighted by atomic mass is 79.9. The van der Waals surface area contributed by atoms with Gasteiger partial charge in [0.2, 0.25) is 0 Å². The number of halogens is 2. The molecule has 128 valence electrons. The van der Waals surface area contributed by atoms with Gasteiger partial charge >= 0.3 is 0 Å². The molecule has 3 rings (SSSR count). The quantitative estimate of drug-likeness (QED) is 0.595. The number of alkyl halides is 1. The lowest BCUT2D eigenvalue weighted by molar-refractivity contribution is 0.102. The lowest BCUT2D eigenvalue weighted by Gasteiger charge is -2.08. The van der Waals surface area contributed by atoms with Gasteiger partial charge in [0, 0.05) is 22.8 Å². The van der Waals surface area contributed by atoms with E-state index in [4.69, 9.17) is 16.3 Å². The third-order valence-electron chi connectivity index (χ3n) is 3.40. The van der Waals surface area contributed by atoms with E-state index >= 15 is 0 Å². The zero-order valence-electron chi connectivity index (χ0n) is 13.2. The van der Waals surface area contributed by atoms with Crippen molar-refractivity contribution in [2.24, 2.45) is 0 Å². The number of nitrogens with one attached hydrogen (secondary N) is 1. The Balaban J connectivity index is 1.64.